The highest BCUT2D eigenvalue weighted by Crippen LogP contribution is 2.48. The van der Waals surface area contributed by atoms with E-state index in [-0.39, 0.29) is 5.41 Å². The van der Waals surface area contributed by atoms with Crippen LogP contribution in [-0.4, -0.2) is 23.6 Å². The maximum atomic E-state index is 5.66. The fraction of sp³-hybridized carbons (Fsp3) is 0.300. The van der Waals surface area contributed by atoms with E-state index in [2.05, 4.69) is 53.7 Å². The molecule has 4 rings (SSSR count). The minimum Gasteiger partial charge on any atom is -0.381 e. The summed E-state index contributed by atoms with van der Waals surface area (Å²) in [6, 6.07) is 17.1. The van der Waals surface area contributed by atoms with Crippen LogP contribution in [0.4, 0.5) is 0 Å². The van der Waals surface area contributed by atoms with Crippen molar-refractivity contribution in [3.63, 3.8) is 0 Å². The highest BCUT2D eigenvalue weighted by molar-refractivity contribution is 5.68. The minimum absolute atomic E-state index is 0.262. The fourth-order valence-corrected chi connectivity index (χ4v) is 3.10. The Labute approximate surface area is 141 Å². The molecule has 4 nitrogen and oxygen atoms in total. The second-order valence-electron chi connectivity index (χ2n) is 6.35. The molecule has 0 atom stereocenters. The Morgan fingerprint density at radius 2 is 1.58 bits per heavy atom. The van der Waals surface area contributed by atoms with Gasteiger partial charge in [-0.3, -0.25) is 0 Å². The van der Waals surface area contributed by atoms with Crippen molar-refractivity contribution in [1.82, 2.24) is 10.4 Å². The number of benzene rings is 2. The smallest absolute Gasteiger partial charge is 0.187 e. The third-order valence-corrected chi connectivity index (χ3v) is 4.80. The topological polar surface area (TPSA) is 48.2 Å². The van der Waals surface area contributed by atoms with Crippen LogP contribution in [0, 0.1) is 0 Å². The molecule has 0 aliphatic heterocycles. The molecule has 1 fully saturated rings. The number of hydrogen-bond donors (Lipinski definition) is 0. The molecule has 2 aromatic carbocycles. The van der Waals surface area contributed by atoms with Crippen LogP contribution in [-0.2, 0) is 10.2 Å². The highest BCUT2D eigenvalue weighted by Gasteiger charge is 2.44. The van der Waals surface area contributed by atoms with Crippen molar-refractivity contribution < 1.29 is 9.26 Å². The maximum Gasteiger partial charge on any atom is 0.187 e. The molecule has 0 bridgehead atoms. The van der Waals surface area contributed by atoms with E-state index in [1.165, 1.54) is 29.5 Å². The van der Waals surface area contributed by atoms with E-state index in [1.54, 1.807) is 6.20 Å². The van der Waals surface area contributed by atoms with Crippen LogP contribution < -0.4 is 0 Å². The second-order valence-corrected chi connectivity index (χ2v) is 6.35. The first-order valence-electron chi connectivity index (χ1n) is 8.37. The lowest BCUT2D eigenvalue weighted by Crippen LogP contribution is -2.15. The number of rotatable bonds is 6. The van der Waals surface area contributed by atoms with Crippen molar-refractivity contribution in [2.45, 2.75) is 25.2 Å². The van der Waals surface area contributed by atoms with Crippen molar-refractivity contribution in [3.05, 3.63) is 60.3 Å². The minimum atomic E-state index is 0.262. The highest BCUT2D eigenvalue weighted by atomic mass is 16.5. The number of hydrogen-bond acceptors (Lipinski definition) is 4. The maximum absolute atomic E-state index is 5.66. The van der Waals surface area contributed by atoms with E-state index in [0.29, 0.717) is 5.76 Å². The lowest BCUT2D eigenvalue weighted by Gasteiger charge is -2.16. The van der Waals surface area contributed by atoms with Crippen LogP contribution in [0.25, 0.3) is 22.5 Å². The molecule has 0 radical (unpaired) electrons. The molecule has 1 aliphatic rings. The monoisotopic (exact) mass is 320 g/mol. The predicted octanol–water partition coefficient (Wildman–Crippen LogP) is 4.47. The average molecular weight is 320 g/mol. The standard InChI is InChI=1S/C20H20N2O2/c1-2-23-14-20(11-12-20)18-9-7-16(8-10-18)15-3-5-17(6-4-15)19-13-21-22-24-19/h3-10,13H,2,11-12,14H2,1H3. The Hall–Kier alpha value is -2.46. The Morgan fingerprint density at radius 1 is 0.958 bits per heavy atom. The summed E-state index contributed by atoms with van der Waals surface area (Å²) in [6.07, 6.45) is 4.08. The molecule has 4 heteroatoms. The molecule has 1 aromatic heterocycles. The summed E-state index contributed by atoms with van der Waals surface area (Å²) in [4.78, 5) is 0. The zero-order chi connectivity index (χ0) is 16.4. The van der Waals surface area contributed by atoms with Crippen LogP contribution in [0.2, 0.25) is 0 Å². The van der Waals surface area contributed by atoms with Gasteiger partial charge in [-0.05, 0) is 36.5 Å². The molecule has 0 amide bonds. The van der Waals surface area contributed by atoms with Crippen molar-refractivity contribution in [2.24, 2.45) is 0 Å². The first-order chi connectivity index (χ1) is 11.8. The fourth-order valence-electron chi connectivity index (χ4n) is 3.10. The summed E-state index contributed by atoms with van der Waals surface area (Å²) in [6.45, 7) is 3.67. The zero-order valence-electron chi connectivity index (χ0n) is 13.7. The molecule has 0 saturated heterocycles. The summed E-state index contributed by atoms with van der Waals surface area (Å²) in [5, 5.41) is 7.22. The summed E-state index contributed by atoms with van der Waals surface area (Å²) < 4.78 is 10.7. The summed E-state index contributed by atoms with van der Waals surface area (Å²) in [5.74, 6) is 0.684. The Bertz CT molecular complexity index is 789. The lowest BCUT2D eigenvalue weighted by atomic mass is 9.94. The number of ether oxygens (including phenoxy) is 1. The molecule has 0 unspecified atom stereocenters. The van der Waals surface area contributed by atoms with Gasteiger partial charge >= 0.3 is 0 Å². The third-order valence-electron chi connectivity index (χ3n) is 4.80. The van der Waals surface area contributed by atoms with E-state index in [0.717, 1.165) is 18.8 Å². The van der Waals surface area contributed by atoms with Crippen LogP contribution in [0.3, 0.4) is 0 Å². The van der Waals surface area contributed by atoms with E-state index in [9.17, 15) is 0 Å². The molecule has 3 aromatic rings. The van der Waals surface area contributed by atoms with E-state index in [1.807, 2.05) is 12.1 Å². The largest absolute Gasteiger partial charge is 0.381 e. The van der Waals surface area contributed by atoms with Crippen LogP contribution >= 0.6 is 0 Å². The van der Waals surface area contributed by atoms with Gasteiger partial charge in [-0.25, -0.2) is 0 Å². The van der Waals surface area contributed by atoms with Crippen molar-refractivity contribution in [2.75, 3.05) is 13.2 Å². The van der Waals surface area contributed by atoms with Gasteiger partial charge in [0.1, 0.15) is 0 Å². The van der Waals surface area contributed by atoms with Gasteiger partial charge in [0.15, 0.2) is 5.76 Å². The zero-order valence-corrected chi connectivity index (χ0v) is 13.7. The van der Waals surface area contributed by atoms with Gasteiger partial charge in [-0.15, -0.1) is 5.10 Å². The normalized spacial score (nSPS) is 15.4. The van der Waals surface area contributed by atoms with Crippen LogP contribution in [0.1, 0.15) is 25.3 Å². The van der Waals surface area contributed by atoms with E-state index >= 15 is 0 Å². The van der Waals surface area contributed by atoms with Crippen molar-refractivity contribution in [3.8, 4) is 22.5 Å². The van der Waals surface area contributed by atoms with Gasteiger partial charge in [0, 0.05) is 22.9 Å². The predicted molar refractivity (Wildman–Crippen MR) is 92.6 cm³/mol. The van der Waals surface area contributed by atoms with Gasteiger partial charge in [-0.1, -0.05) is 48.5 Å². The molecule has 1 heterocycles. The van der Waals surface area contributed by atoms with Crippen LogP contribution in [0.15, 0.2) is 59.3 Å². The quantitative estimate of drug-likeness (QED) is 0.672. The molecular formula is C20H20N2O2. The first-order valence-corrected chi connectivity index (χ1v) is 8.37. The summed E-state index contributed by atoms with van der Waals surface area (Å²) in [7, 11) is 0. The van der Waals surface area contributed by atoms with Gasteiger partial charge < -0.3 is 9.26 Å². The Kier molecular flexibility index (Phi) is 3.90. The molecule has 1 aliphatic carbocycles. The second kappa shape index (κ2) is 6.21. The van der Waals surface area contributed by atoms with E-state index in [4.69, 9.17) is 9.26 Å². The first kappa shape index (κ1) is 15.1. The number of nitrogens with zero attached hydrogens (tertiary/aromatic N) is 2. The average Bonchev–Trinajstić information content (AvgIpc) is 3.23. The number of aromatic nitrogens is 2. The van der Waals surface area contributed by atoms with Gasteiger partial charge in [-0.2, -0.15) is 0 Å². The van der Waals surface area contributed by atoms with Gasteiger partial charge in [0.05, 0.1) is 12.8 Å². The summed E-state index contributed by atoms with van der Waals surface area (Å²) in [5.41, 5.74) is 5.04. The lowest BCUT2D eigenvalue weighted by molar-refractivity contribution is 0.125. The molecule has 122 valence electrons. The third kappa shape index (κ3) is 2.85. The van der Waals surface area contributed by atoms with E-state index < -0.39 is 0 Å². The van der Waals surface area contributed by atoms with Gasteiger partial charge in [0.25, 0.3) is 0 Å². The molecule has 0 N–H and O–H groups in total. The van der Waals surface area contributed by atoms with Gasteiger partial charge in [0.2, 0.25) is 0 Å². The molecule has 0 spiro atoms. The SMILES string of the molecule is CCOCC1(c2ccc(-c3ccc(-c4cnno4)cc3)cc2)CC1. The van der Waals surface area contributed by atoms with Crippen molar-refractivity contribution in [1.29, 1.82) is 0 Å². The molecule has 24 heavy (non-hydrogen) atoms. The Balaban J connectivity index is 1.53. The van der Waals surface area contributed by atoms with Crippen LogP contribution in [0.5, 0.6) is 0 Å². The molecular weight excluding hydrogens is 300 g/mol. The summed E-state index contributed by atoms with van der Waals surface area (Å²) >= 11 is 0. The molecule has 1 saturated carbocycles. The van der Waals surface area contributed by atoms with Crippen molar-refractivity contribution >= 4 is 0 Å². The Morgan fingerprint density at radius 3 is 2.12 bits per heavy atom.